The Kier molecular flexibility index (Phi) is 5.38. The minimum Gasteiger partial charge on any atom is -0.378 e. The fourth-order valence-electron chi connectivity index (χ4n) is 4.28. The second kappa shape index (κ2) is 7.46. The Labute approximate surface area is 170 Å². The van der Waals surface area contributed by atoms with E-state index in [9.17, 15) is 0 Å². The van der Waals surface area contributed by atoms with Gasteiger partial charge in [0.05, 0.1) is 11.2 Å². The van der Waals surface area contributed by atoms with Crippen molar-refractivity contribution in [2.75, 3.05) is 23.9 Å². The average Bonchev–Trinajstić information content (AvgIpc) is 2.59. The van der Waals surface area contributed by atoms with Crippen LogP contribution in [0.5, 0.6) is 0 Å². The maximum absolute atomic E-state index is 4.72. The molecule has 0 saturated carbocycles. The number of benzene rings is 2. The Bertz CT molecular complexity index is 916. The molecule has 3 heteroatoms. The van der Waals surface area contributed by atoms with Gasteiger partial charge in [-0.25, -0.2) is 0 Å². The molecule has 0 unspecified atom stereocenters. The number of anilines is 2. The van der Waals surface area contributed by atoms with Crippen LogP contribution in [0.2, 0.25) is 0 Å². The van der Waals surface area contributed by atoms with Gasteiger partial charge in [-0.3, -0.25) is 4.99 Å². The monoisotopic (exact) mass is 375 g/mol. The highest BCUT2D eigenvalue weighted by Crippen LogP contribution is 2.41. The van der Waals surface area contributed by atoms with E-state index in [4.69, 9.17) is 4.99 Å². The van der Waals surface area contributed by atoms with Crippen molar-refractivity contribution in [3.05, 3.63) is 59.2 Å². The highest BCUT2D eigenvalue weighted by Gasteiger charge is 2.33. The second-order valence-electron chi connectivity index (χ2n) is 8.84. The van der Waals surface area contributed by atoms with E-state index in [0.29, 0.717) is 6.04 Å². The molecule has 1 aliphatic heterocycles. The van der Waals surface area contributed by atoms with Crippen molar-refractivity contribution in [1.82, 2.24) is 0 Å². The summed E-state index contributed by atoms with van der Waals surface area (Å²) in [5.41, 5.74) is 8.56. The van der Waals surface area contributed by atoms with Crippen LogP contribution in [0.1, 0.15) is 51.3 Å². The molecule has 0 saturated heterocycles. The van der Waals surface area contributed by atoms with E-state index >= 15 is 0 Å². The molecule has 0 atom stereocenters. The van der Waals surface area contributed by atoms with Crippen LogP contribution in [0.25, 0.3) is 5.57 Å². The van der Waals surface area contributed by atoms with Gasteiger partial charge in [0.15, 0.2) is 0 Å². The third kappa shape index (κ3) is 3.84. The van der Waals surface area contributed by atoms with Gasteiger partial charge in [-0.1, -0.05) is 6.08 Å². The van der Waals surface area contributed by atoms with Crippen molar-refractivity contribution in [2.45, 2.75) is 53.1 Å². The highest BCUT2D eigenvalue weighted by atomic mass is 15.2. The van der Waals surface area contributed by atoms with Crippen LogP contribution >= 0.6 is 0 Å². The molecule has 2 aromatic rings. The lowest BCUT2D eigenvalue weighted by molar-refractivity contribution is 0.507. The third-order valence-electron chi connectivity index (χ3n) is 5.49. The molecule has 0 aliphatic carbocycles. The number of aryl methyl sites for hydroxylation is 1. The van der Waals surface area contributed by atoms with Gasteiger partial charge in [-0.05, 0) is 94.6 Å². The minimum atomic E-state index is 0.0154. The van der Waals surface area contributed by atoms with Gasteiger partial charge >= 0.3 is 0 Å². The van der Waals surface area contributed by atoms with Crippen molar-refractivity contribution in [3.8, 4) is 0 Å². The Balaban J connectivity index is 1.98. The third-order valence-corrected chi connectivity index (χ3v) is 5.49. The summed E-state index contributed by atoms with van der Waals surface area (Å²) in [6.45, 7) is 13.5. The summed E-state index contributed by atoms with van der Waals surface area (Å²) in [4.78, 5) is 9.33. The molecule has 0 fully saturated rings. The number of rotatable bonds is 4. The molecule has 1 heterocycles. The van der Waals surface area contributed by atoms with E-state index in [-0.39, 0.29) is 5.54 Å². The van der Waals surface area contributed by atoms with E-state index in [0.717, 1.165) is 5.69 Å². The summed E-state index contributed by atoms with van der Waals surface area (Å²) in [5, 5.41) is 0. The minimum absolute atomic E-state index is 0.0154. The Morgan fingerprint density at radius 3 is 2.25 bits per heavy atom. The lowest BCUT2D eigenvalue weighted by Gasteiger charge is -2.46. The second-order valence-corrected chi connectivity index (χ2v) is 8.84. The maximum Gasteiger partial charge on any atom is 0.0631 e. The summed E-state index contributed by atoms with van der Waals surface area (Å²) in [5.74, 6) is 0. The highest BCUT2D eigenvalue weighted by molar-refractivity contribution is 5.90. The largest absolute Gasteiger partial charge is 0.378 e. The first kappa shape index (κ1) is 20.2. The first-order valence-corrected chi connectivity index (χ1v) is 10.1. The quantitative estimate of drug-likeness (QED) is 0.591. The molecular formula is C25H33N3. The first-order valence-electron chi connectivity index (χ1n) is 10.1. The van der Waals surface area contributed by atoms with Gasteiger partial charge in [0.25, 0.3) is 0 Å². The Hall–Kier alpha value is -2.55. The van der Waals surface area contributed by atoms with E-state index in [2.05, 4.69) is 93.8 Å². The van der Waals surface area contributed by atoms with E-state index in [1.807, 2.05) is 20.3 Å². The average molecular weight is 376 g/mol. The topological polar surface area (TPSA) is 18.8 Å². The van der Waals surface area contributed by atoms with Crippen LogP contribution in [0.4, 0.5) is 17.1 Å². The smallest absolute Gasteiger partial charge is 0.0631 e. The number of nitrogens with zero attached hydrogens (tertiary/aromatic N) is 3. The molecule has 28 heavy (non-hydrogen) atoms. The summed E-state index contributed by atoms with van der Waals surface area (Å²) >= 11 is 0. The molecule has 3 nitrogen and oxygen atoms in total. The zero-order valence-corrected chi connectivity index (χ0v) is 18.5. The van der Waals surface area contributed by atoms with E-state index in [1.54, 1.807) is 0 Å². The fourth-order valence-corrected chi connectivity index (χ4v) is 4.28. The van der Waals surface area contributed by atoms with Crippen LogP contribution < -0.4 is 9.80 Å². The molecule has 0 spiro atoms. The van der Waals surface area contributed by atoms with Crippen LogP contribution in [0, 0.1) is 6.92 Å². The molecule has 0 radical (unpaired) electrons. The van der Waals surface area contributed by atoms with Crippen molar-refractivity contribution >= 4 is 28.8 Å². The molecule has 1 aliphatic rings. The fraction of sp³-hybridized carbons (Fsp3) is 0.400. The summed E-state index contributed by atoms with van der Waals surface area (Å²) < 4.78 is 0. The zero-order chi connectivity index (χ0) is 20.6. The van der Waals surface area contributed by atoms with Gasteiger partial charge in [0.2, 0.25) is 0 Å². The predicted molar refractivity (Wildman–Crippen MR) is 125 cm³/mol. The Morgan fingerprint density at radius 2 is 1.68 bits per heavy atom. The van der Waals surface area contributed by atoms with E-state index in [1.165, 1.54) is 33.6 Å². The van der Waals surface area contributed by atoms with Crippen molar-refractivity contribution < 1.29 is 0 Å². The van der Waals surface area contributed by atoms with Crippen molar-refractivity contribution in [2.24, 2.45) is 4.99 Å². The molecule has 0 aromatic heterocycles. The van der Waals surface area contributed by atoms with Gasteiger partial charge in [-0.2, -0.15) is 0 Å². The normalized spacial score (nSPS) is 15.8. The molecule has 0 N–H and O–H groups in total. The van der Waals surface area contributed by atoms with Crippen LogP contribution in [-0.2, 0) is 0 Å². The van der Waals surface area contributed by atoms with Gasteiger partial charge in [-0.15, -0.1) is 0 Å². The SMILES string of the molecule is CC1=CC(C)(C)N(C(C)C)c2cc(C)c(C=Nc3ccc(N(C)C)cc3)cc21. The number of fused-ring (bicyclic) bond motifs is 1. The maximum atomic E-state index is 4.72. The van der Waals surface area contributed by atoms with Gasteiger partial charge < -0.3 is 9.80 Å². The van der Waals surface area contributed by atoms with Gasteiger partial charge in [0.1, 0.15) is 0 Å². The molecular weight excluding hydrogens is 342 g/mol. The molecule has 2 aromatic carbocycles. The number of aliphatic imine (C=N–C) groups is 1. The Morgan fingerprint density at radius 1 is 1.04 bits per heavy atom. The summed E-state index contributed by atoms with van der Waals surface area (Å²) in [6, 6.07) is 13.4. The van der Waals surface area contributed by atoms with Crippen LogP contribution in [0.15, 0.2) is 47.5 Å². The molecule has 0 amide bonds. The number of allylic oxidation sites excluding steroid dienone is 1. The predicted octanol–water partition coefficient (Wildman–Crippen LogP) is 6.22. The lowest BCUT2D eigenvalue weighted by Crippen LogP contribution is -2.49. The number of hydrogen-bond donors (Lipinski definition) is 0. The zero-order valence-electron chi connectivity index (χ0n) is 18.5. The summed E-state index contributed by atoms with van der Waals surface area (Å²) in [7, 11) is 4.10. The molecule has 148 valence electrons. The lowest BCUT2D eigenvalue weighted by atomic mass is 9.86. The molecule has 3 rings (SSSR count). The summed E-state index contributed by atoms with van der Waals surface area (Å²) in [6.07, 6.45) is 4.37. The van der Waals surface area contributed by atoms with E-state index < -0.39 is 0 Å². The first-order chi connectivity index (χ1) is 13.1. The van der Waals surface area contributed by atoms with Crippen molar-refractivity contribution in [1.29, 1.82) is 0 Å². The van der Waals surface area contributed by atoms with Crippen LogP contribution in [-0.4, -0.2) is 31.9 Å². The van der Waals surface area contributed by atoms with Crippen molar-refractivity contribution in [3.63, 3.8) is 0 Å². The molecule has 0 bridgehead atoms. The van der Waals surface area contributed by atoms with Crippen LogP contribution in [0.3, 0.4) is 0 Å². The number of hydrogen-bond acceptors (Lipinski definition) is 3. The standard InChI is InChI=1S/C25H33N3/c1-17(2)28-24-13-18(3)20(14-23(24)19(4)15-25(28,5)6)16-26-21-9-11-22(12-10-21)27(7)8/h9-17H,1-8H3. The van der Waals surface area contributed by atoms with Gasteiger partial charge in [0, 0.05) is 43.3 Å².